The van der Waals surface area contributed by atoms with E-state index in [0.717, 1.165) is 49.1 Å². The van der Waals surface area contributed by atoms with Crippen LogP contribution >= 0.6 is 0 Å². The fraction of sp³-hybridized carbons (Fsp3) is 0.600. The van der Waals surface area contributed by atoms with Crippen LogP contribution in [0.3, 0.4) is 0 Å². The molecule has 0 atom stereocenters. The lowest BCUT2D eigenvalue weighted by Crippen LogP contribution is -2.38. The molecule has 1 aromatic rings. The molecular weight excluding hydrogens is 328 g/mol. The standard InChI is InChI=1S/C20H32N4O2/c1-4-21-20(23-12-13-26-15-17-8-9-17)22-11-10-16-6-5-7-18(14-16)19(25)24(2)3/h5-7,14,17H,4,8-13,15H2,1-3H3,(H2,21,22,23). The van der Waals surface area contributed by atoms with Crippen molar-refractivity contribution < 1.29 is 9.53 Å². The normalized spacial score (nSPS) is 14.2. The van der Waals surface area contributed by atoms with E-state index in [0.29, 0.717) is 13.2 Å². The number of hydrogen-bond acceptors (Lipinski definition) is 3. The Hall–Kier alpha value is -2.08. The van der Waals surface area contributed by atoms with Gasteiger partial charge < -0.3 is 20.3 Å². The van der Waals surface area contributed by atoms with Crippen molar-refractivity contribution in [1.29, 1.82) is 0 Å². The maximum atomic E-state index is 12.1. The Morgan fingerprint density at radius 2 is 2.12 bits per heavy atom. The first kappa shape index (κ1) is 20.2. The van der Waals surface area contributed by atoms with Gasteiger partial charge >= 0.3 is 0 Å². The molecule has 26 heavy (non-hydrogen) atoms. The average Bonchev–Trinajstić information content (AvgIpc) is 3.45. The van der Waals surface area contributed by atoms with E-state index in [4.69, 9.17) is 4.74 Å². The quantitative estimate of drug-likeness (QED) is 0.380. The number of amides is 1. The first-order chi connectivity index (χ1) is 12.6. The maximum absolute atomic E-state index is 12.1. The summed E-state index contributed by atoms with van der Waals surface area (Å²) < 4.78 is 5.62. The van der Waals surface area contributed by atoms with Gasteiger partial charge in [0.05, 0.1) is 13.2 Å². The zero-order valence-electron chi connectivity index (χ0n) is 16.3. The molecule has 0 radical (unpaired) electrons. The monoisotopic (exact) mass is 360 g/mol. The SMILES string of the molecule is CCNC(=NCCOCC1CC1)NCCc1cccc(C(=O)N(C)C)c1. The van der Waals surface area contributed by atoms with Gasteiger partial charge in [-0.2, -0.15) is 0 Å². The van der Waals surface area contributed by atoms with E-state index in [1.54, 1.807) is 19.0 Å². The summed E-state index contributed by atoms with van der Waals surface area (Å²) in [5.41, 5.74) is 1.86. The van der Waals surface area contributed by atoms with Crippen molar-refractivity contribution >= 4 is 11.9 Å². The Morgan fingerprint density at radius 3 is 2.81 bits per heavy atom. The van der Waals surface area contributed by atoms with Gasteiger partial charge in [-0.3, -0.25) is 9.79 Å². The van der Waals surface area contributed by atoms with Crippen LogP contribution in [0.2, 0.25) is 0 Å². The molecule has 144 valence electrons. The largest absolute Gasteiger partial charge is 0.379 e. The highest BCUT2D eigenvalue weighted by Crippen LogP contribution is 2.28. The molecular formula is C20H32N4O2. The highest BCUT2D eigenvalue weighted by Gasteiger charge is 2.20. The summed E-state index contributed by atoms with van der Waals surface area (Å²) in [5.74, 6) is 1.63. The van der Waals surface area contributed by atoms with Gasteiger partial charge in [0, 0.05) is 39.4 Å². The predicted molar refractivity (Wildman–Crippen MR) is 106 cm³/mol. The number of rotatable bonds is 10. The molecule has 0 unspecified atom stereocenters. The van der Waals surface area contributed by atoms with Crippen molar-refractivity contribution in [3.8, 4) is 0 Å². The van der Waals surface area contributed by atoms with Gasteiger partial charge in [0.15, 0.2) is 5.96 Å². The minimum Gasteiger partial charge on any atom is -0.379 e. The van der Waals surface area contributed by atoms with Gasteiger partial charge in [-0.25, -0.2) is 0 Å². The van der Waals surface area contributed by atoms with Gasteiger partial charge in [-0.05, 0) is 49.8 Å². The van der Waals surface area contributed by atoms with E-state index >= 15 is 0 Å². The van der Waals surface area contributed by atoms with Crippen LogP contribution in [0.5, 0.6) is 0 Å². The molecule has 1 fully saturated rings. The second-order valence-corrected chi connectivity index (χ2v) is 6.86. The Morgan fingerprint density at radius 1 is 1.31 bits per heavy atom. The summed E-state index contributed by atoms with van der Waals surface area (Å²) in [6.07, 6.45) is 3.46. The summed E-state index contributed by atoms with van der Waals surface area (Å²) >= 11 is 0. The highest BCUT2D eigenvalue weighted by molar-refractivity contribution is 5.94. The van der Waals surface area contributed by atoms with Crippen LogP contribution in [0.4, 0.5) is 0 Å². The lowest BCUT2D eigenvalue weighted by Gasteiger charge is -2.13. The highest BCUT2D eigenvalue weighted by atomic mass is 16.5. The van der Waals surface area contributed by atoms with Crippen LogP contribution in [0, 0.1) is 5.92 Å². The van der Waals surface area contributed by atoms with Gasteiger partial charge in [0.1, 0.15) is 0 Å². The first-order valence-electron chi connectivity index (χ1n) is 9.50. The lowest BCUT2D eigenvalue weighted by atomic mass is 10.1. The Labute approximate surface area is 157 Å². The fourth-order valence-electron chi connectivity index (χ4n) is 2.54. The van der Waals surface area contributed by atoms with E-state index in [-0.39, 0.29) is 5.91 Å². The fourth-order valence-corrected chi connectivity index (χ4v) is 2.54. The third kappa shape index (κ3) is 7.44. The second-order valence-electron chi connectivity index (χ2n) is 6.86. The van der Waals surface area contributed by atoms with Crippen molar-refractivity contribution in [3.05, 3.63) is 35.4 Å². The molecule has 1 amide bonds. The maximum Gasteiger partial charge on any atom is 0.253 e. The lowest BCUT2D eigenvalue weighted by molar-refractivity contribution is 0.0827. The smallest absolute Gasteiger partial charge is 0.253 e. The van der Waals surface area contributed by atoms with Crippen molar-refractivity contribution in [2.45, 2.75) is 26.2 Å². The van der Waals surface area contributed by atoms with Gasteiger partial charge in [-0.1, -0.05) is 12.1 Å². The third-order valence-electron chi connectivity index (χ3n) is 4.19. The number of aliphatic imine (C=N–C) groups is 1. The molecule has 1 saturated carbocycles. The number of guanidine groups is 1. The van der Waals surface area contributed by atoms with E-state index < -0.39 is 0 Å². The third-order valence-corrected chi connectivity index (χ3v) is 4.19. The van der Waals surface area contributed by atoms with Crippen LogP contribution in [0.15, 0.2) is 29.3 Å². The number of hydrogen-bond donors (Lipinski definition) is 2. The molecule has 0 spiro atoms. The molecule has 6 nitrogen and oxygen atoms in total. The minimum absolute atomic E-state index is 0.0286. The van der Waals surface area contributed by atoms with Crippen molar-refractivity contribution in [2.75, 3.05) is 46.9 Å². The molecule has 6 heteroatoms. The average molecular weight is 361 g/mol. The Balaban J connectivity index is 1.75. The number of carbonyl (C=O) groups is 1. The Bertz CT molecular complexity index is 597. The van der Waals surface area contributed by atoms with Gasteiger partial charge in [0.2, 0.25) is 0 Å². The van der Waals surface area contributed by atoms with Crippen molar-refractivity contribution in [1.82, 2.24) is 15.5 Å². The molecule has 0 aromatic heterocycles. The summed E-state index contributed by atoms with van der Waals surface area (Å²) in [5, 5.41) is 6.59. The molecule has 0 heterocycles. The molecule has 2 N–H and O–H groups in total. The van der Waals surface area contributed by atoms with Gasteiger partial charge in [0.25, 0.3) is 5.91 Å². The van der Waals surface area contributed by atoms with Crippen LogP contribution < -0.4 is 10.6 Å². The van der Waals surface area contributed by atoms with E-state index in [2.05, 4.69) is 22.5 Å². The van der Waals surface area contributed by atoms with E-state index in [1.165, 1.54) is 12.8 Å². The zero-order chi connectivity index (χ0) is 18.8. The number of nitrogens with one attached hydrogen (secondary N) is 2. The molecule has 1 aromatic carbocycles. The predicted octanol–water partition coefficient (Wildman–Crippen LogP) is 1.91. The number of carbonyl (C=O) groups excluding carboxylic acids is 1. The molecule has 1 aliphatic rings. The van der Waals surface area contributed by atoms with E-state index in [9.17, 15) is 4.79 Å². The van der Waals surface area contributed by atoms with Crippen LogP contribution in [0.1, 0.15) is 35.7 Å². The summed E-state index contributed by atoms with van der Waals surface area (Å²) in [4.78, 5) is 18.2. The molecule has 0 saturated heterocycles. The van der Waals surface area contributed by atoms with Crippen molar-refractivity contribution in [2.24, 2.45) is 10.9 Å². The zero-order valence-corrected chi connectivity index (χ0v) is 16.3. The summed E-state index contributed by atoms with van der Waals surface area (Å²) in [6, 6.07) is 7.79. The van der Waals surface area contributed by atoms with Crippen LogP contribution in [-0.2, 0) is 11.2 Å². The molecule has 2 rings (SSSR count). The van der Waals surface area contributed by atoms with Crippen LogP contribution in [0.25, 0.3) is 0 Å². The topological polar surface area (TPSA) is 66.0 Å². The first-order valence-corrected chi connectivity index (χ1v) is 9.50. The summed E-state index contributed by atoms with van der Waals surface area (Å²) in [7, 11) is 3.54. The molecule has 1 aliphatic carbocycles. The van der Waals surface area contributed by atoms with Gasteiger partial charge in [-0.15, -0.1) is 0 Å². The van der Waals surface area contributed by atoms with Crippen LogP contribution in [-0.4, -0.2) is 63.7 Å². The summed E-state index contributed by atoms with van der Waals surface area (Å²) in [6.45, 7) is 5.84. The number of ether oxygens (including phenoxy) is 1. The second kappa shape index (κ2) is 10.8. The molecule has 0 aliphatic heterocycles. The Kier molecular flexibility index (Phi) is 8.41. The van der Waals surface area contributed by atoms with Crippen molar-refractivity contribution in [3.63, 3.8) is 0 Å². The number of benzene rings is 1. The number of nitrogens with zero attached hydrogens (tertiary/aromatic N) is 2. The minimum atomic E-state index is 0.0286. The molecule has 0 bridgehead atoms. The van der Waals surface area contributed by atoms with E-state index in [1.807, 2.05) is 24.3 Å².